The molecule has 4 aliphatic carbocycles. The van der Waals surface area contributed by atoms with E-state index in [2.05, 4.69) is 26.8 Å². The molecule has 0 bridgehead atoms. The van der Waals surface area contributed by atoms with Crippen molar-refractivity contribution in [1.82, 2.24) is 0 Å². The Morgan fingerprint density at radius 1 is 1.28 bits per heavy atom. The highest BCUT2D eigenvalue weighted by Crippen LogP contribution is 2.66. The van der Waals surface area contributed by atoms with E-state index in [1.165, 1.54) is 5.57 Å². The molecule has 3 N–H and O–H groups in total. The van der Waals surface area contributed by atoms with Crippen LogP contribution in [0.5, 0.6) is 0 Å². The summed E-state index contributed by atoms with van der Waals surface area (Å²) in [6.45, 7) is 8.50. The van der Waals surface area contributed by atoms with Crippen molar-refractivity contribution in [1.29, 1.82) is 0 Å². The van der Waals surface area contributed by atoms with Gasteiger partial charge in [-0.25, -0.2) is 0 Å². The van der Waals surface area contributed by atoms with Crippen LogP contribution in [0.15, 0.2) is 11.6 Å². The number of allylic oxidation sites excluding steroid dienone is 2. The summed E-state index contributed by atoms with van der Waals surface area (Å²) in [5.41, 5.74) is 6.25. The molecule has 4 unspecified atom stereocenters. The fourth-order valence-corrected chi connectivity index (χ4v) is 8.34. The standard InChI is InChI=1S/C27H41NO4/c1-16(6-5-11-27(4,28)24(31)32)23-22(30)15-21-19-8-7-17-14-18(29)9-12-25(17,2)20(19)10-13-26(21,23)3/h7,16,19-21,23H,5-6,8-15,28H2,1-4H3,(H,31,32)/t16?,19?,20?,21?,23-,25-,26-,27-/m0/s1. The summed E-state index contributed by atoms with van der Waals surface area (Å²) < 4.78 is 0. The summed E-state index contributed by atoms with van der Waals surface area (Å²) in [6, 6.07) is 0. The fraction of sp³-hybridized carbons (Fsp3) is 0.815. The predicted octanol–water partition coefficient (Wildman–Crippen LogP) is 4.92. The molecule has 4 aliphatic rings. The SMILES string of the molecule is CC(CCC[C@](C)(N)C(=O)O)[C@H]1C(=O)CC2C3CC=C4CC(=O)CC[C@]4(C)C3CC[C@@]21C. The number of hydrogen-bond donors (Lipinski definition) is 2. The van der Waals surface area contributed by atoms with Gasteiger partial charge in [0, 0.05) is 25.2 Å². The van der Waals surface area contributed by atoms with E-state index in [9.17, 15) is 19.5 Å². The Kier molecular flexibility index (Phi) is 5.97. The number of ketones is 2. The third kappa shape index (κ3) is 3.69. The third-order valence-corrected chi connectivity index (χ3v) is 10.3. The lowest BCUT2D eigenvalue weighted by Crippen LogP contribution is -2.50. The lowest BCUT2D eigenvalue weighted by molar-refractivity contribution is -0.143. The van der Waals surface area contributed by atoms with Gasteiger partial charge in [-0.05, 0) is 80.0 Å². The van der Waals surface area contributed by atoms with E-state index in [1.807, 2.05) is 0 Å². The van der Waals surface area contributed by atoms with Gasteiger partial charge in [-0.3, -0.25) is 14.4 Å². The number of carboxylic acids is 1. The molecule has 4 rings (SSSR count). The Balaban J connectivity index is 1.50. The molecule has 0 saturated heterocycles. The first-order valence-electron chi connectivity index (χ1n) is 12.7. The molecule has 178 valence electrons. The number of aliphatic carboxylic acids is 1. The normalized spacial score (nSPS) is 41.7. The van der Waals surface area contributed by atoms with Crippen LogP contribution in [0.1, 0.15) is 91.9 Å². The first-order chi connectivity index (χ1) is 14.9. The zero-order valence-corrected chi connectivity index (χ0v) is 20.3. The topological polar surface area (TPSA) is 97.5 Å². The number of Topliss-reactive ketones (excluding diaryl/α,β-unsaturated/α-hetero) is 2. The van der Waals surface area contributed by atoms with Crippen molar-refractivity contribution < 1.29 is 19.5 Å². The van der Waals surface area contributed by atoms with Crippen molar-refractivity contribution in [3.63, 3.8) is 0 Å². The maximum Gasteiger partial charge on any atom is 0.323 e. The third-order valence-electron chi connectivity index (χ3n) is 10.3. The molecule has 0 heterocycles. The average molecular weight is 444 g/mol. The van der Waals surface area contributed by atoms with Crippen LogP contribution in [-0.2, 0) is 14.4 Å². The number of fused-ring (bicyclic) bond motifs is 5. The minimum Gasteiger partial charge on any atom is -0.480 e. The highest BCUT2D eigenvalue weighted by Gasteiger charge is 2.61. The van der Waals surface area contributed by atoms with Gasteiger partial charge in [0.05, 0.1) is 0 Å². The van der Waals surface area contributed by atoms with Crippen LogP contribution >= 0.6 is 0 Å². The Labute approximate surface area is 192 Å². The van der Waals surface area contributed by atoms with Crippen LogP contribution in [0, 0.1) is 40.4 Å². The molecule has 0 amide bonds. The number of carboxylic acid groups (broad SMARTS) is 1. The quantitative estimate of drug-likeness (QED) is 0.568. The second kappa shape index (κ2) is 8.07. The van der Waals surface area contributed by atoms with Gasteiger partial charge in [-0.1, -0.05) is 38.8 Å². The number of carbonyl (C=O) groups excluding carboxylic acids is 2. The second-order valence-corrected chi connectivity index (χ2v) is 12.3. The number of carbonyl (C=O) groups is 3. The van der Waals surface area contributed by atoms with Crippen LogP contribution in [0.4, 0.5) is 0 Å². The van der Waals surface area contributed by atoms with Crippen molar-refractivity contribution >= 4 is 17.5 Å². The monoisotopic (exact) mass is 443 g/mol. The molecule has 5 nitrogen and oxygen atoms in total. The maximum atomic E-state index is 13.4. The van der Waals surface area contributed by atoms with E-state index in [-0.39, 0.29) is 22.7 Å². The van der Waals surface area contributed by atoms with E-state index >= 15 is 0 Å². The Bertz CT molecular complexity index is 845. The summed E-state index contributed by atoms with van der Waals surface area (Å²) >= 11 is 0. The van der Waals surface area contributed by atoms with Crippen LogP contribution < -0.4 is 5.73 Å². The minimum absolute atomic E-state index is 0.0304. The Morgan fingerprint density at radius 2 is 2.00 bits per heavy atom. The molecule has 0 radical (unpaired) electrons. The van der Waals surface area contributed by atoms with Gasteiger partial charge in [0.15, 0.2) is 0 Å². The van der Waals surface area contributed by atoms with E-state index in [0.29, 0.717) is 55.0 Å². The van der Waals surface area contributed by atoms with Crippen molar-refractivity contribution in [2.24, 2.45) is 46.2 Å². The highest BCUT2D eigenvalue weighted by atomic mass is 16.4. The van der Waals surface area contributed by atoms with Gasteiger partial charge >= 0.3 is 5.97 Å². The van der Waals surface area contributed by atoms with Crippen LogP contribution in [-0.4, -0.2) is 28.2 Å². The van der Waals surface area contributed by atoms with E-state index in [1.54, 1.807) is 6.92 Å². The molecule has 0 aromatic heterocycles. The second-order valence-electron chi connectivity index (χ2n) is 12.3. The van der Waals surface area contributed by atoms with E-state index in [4.69, 9.17) is 5.73 Å². The number of nitrogens with two attached hydrogens (primary N) is 1. The molecule has 0 aliphatic heterocycles. The molecule has 5 heteroatoms. The summed E-state index contributed by atoms with van der Waals surface area (Å²) in [4.78, 5) is 36.8. The molecule has 0 spiro atoms. The molecule has 0 aromatic rings. The molecule has 3 saturated carbocycles. The predicted molar refractivity (Wildman–Crippen MR) is 124 cm³/mol. The van der Waals surface area contributed by atoms with Crippen molar-refractivity contribution in [3.05, 3.63) is 11.6 Å². The van der Waals surface area contributed by atoms with Crippen LogP contribution in [0.2, 0.25) is 0 Å². The average Bonchev–Trinajstić information content (AvgIpc) is 2.98. The first kappa shape index (κ1) is 23.7. The van der Waals surface area contributed by atoms with Gasteiger partial charge in [-0.15, -0.1) is 0 Å². The molecule has 32 heavy (non-hydrogen) atoms. The zero-order valence-electron chi connectivity index (χ0n) is 20.3. The van der Waals surface area contributed by atoms with Gasteiger partial charge in [0.1, 0.15) is 17.1 Å². The lowest BCUT2D eigenvalue weighted by Gasteiger charge is -2.57. The van der Waals surface area contributed by atoms with Gasteiger partial charge in [0.25, 0.3) is 0 Å². The summed E-state index contributed by atoms with van der Waals surface area (Å²) in [7, 11) is 0. The summed E-state index contributed by atoms with van der Waals surface area (Å²) in [6.07, 6.45) is 10.6. The maximum absolute atomic E-state index is 13.4. The van der Waals surface area contributed by atoms with Gasteiger partial charge in [-0.2, -0.15) is 0 Å². The van der Waals surface area contributed by atoms with Crippen molar-refractivity contribution in [3.8, 4) is 0 Å². The van der Waals surface area contributed by atoms with E-state index in [0.717, 1.165) is 38.5 Å². The van der Waals surface area contributed by atoms with Crippen LogP contribution in [0.25, 0.3) is 0 Å². The molecule has 0 aromatic carbocycles. The summed E-state index contributed by atoms with van der Waals surface area (Å²) in [5.74, 6) is 1.69. The fourth-order valence-electron chi connectivity index (χ4n) is 8.34. The smallest absolute Gasteiger partial charge is 0.323 e. The number of hydrogen-bond acceptors (Lipinski definition) is 4. The van der Waals surface area contributed by atoms with E-state index < -0.39 is 11.5 Å². The van der Waals surface area contributed by atoms with Gasteiger partial charge in [0.2, 0.25) is 0 Å². The number of rotatable bonds is 6. The highest BCUT2D eigenvalue weighted by molar-refractivity contribution is 5.85. The Hall–Kier alpha value is -1.49. The molecule has 8 atom stereocenters. The van der Waals surface area contributed by atoms with Crippen molar-refractivity contribution in [2.45, 2.75) is 97.4 Å². The summed E-state index contributed by atoms with van der Waals surface area (Å²) in [5, 5.41) is 9.28. The molecular weight excluding hydrogens is 402 g/mol. The first-order valence-corrected chi connectivity index (χ1v) is 12.7. The van der Waals surface area contributed by atoms with Crippen LogP contribution in [0.3, 0.4) is 0 Å². The minimum atomic E-state index is -1.20. The largest absolute Gasteiger partial charge is 0.480 e. The molecular formula is C27H41NO4. The van der Waals surface area contributed by atoms with Crippen molar-refractivity contribution in [2.75, 3.05) is 0 Å². The molecule has 3 fully saturated rings. The lowest BCUT2D eigenvalue weighted by atomic mass is 9.47. The Morgan fingerprint density at radius 3 is 2.69 bits per heavy atom. The van der Waals surface area contributed by atoms with Gasteiger partial charge < -0.3 is 10.8 Å². The zero-order chi connectivity index (χ0) is 23.5.